The molecule has 0 amide bonds. The third kappa shape index (κ3) is 4.34. The van der Waals surface area contributed by atoms with Crippen molar-refractivity contribution in [1.82, 2.24) is 0 Å². The molecule has 2 aliphatic rings. The van der Waals surface area contributed by atoms with Gasteiger partial charge >= 0.3 is 5.97 Å². The van der Waals surface area contributed by atoms with Crippen LogP contribution in [0.15, 0.2) is 42.5 Å². The molecule has 3 rings (SSSR count). The number of carbonyl (C=O) groups excluding carboxylic acids is 1. The van der Waals surface area contributed by atoms with E-state index in [9.17, 15) is 4.79 Å². The summed E-state index contributed by atoms with van der Waals surface area (Å²) in [7, 11) is 1.64. The quantitative estimate of drug-likeness (QED) is 0.353. The monoisotopic (exact) mass is 382 g/mol. The number of methoxy groups -OCH3 is 1. The highest BCUT2D eigenvalue weighted by molar-refractivity contribution is 5.87. The fraction of sp³-hybridized carbons (Fsp3) is 0.560. The Kier molecular flexibility index (Phi) is 6.32. The smallest absolute Gasteiger partial charge is 0.331 e. The molecule has 0 saturated heterocycles. The predicted octanol–water partition coefficient (Wildman–Crippen LogP) is 6.05. The van der Waals surface area contributed by atoms with E-state index in [1.165, 1.54) is 24.8 Å². The molecule has 1 aromatic carbocycles. The molecule has 0 unspecified atom stereocenters. The zero-order valence-corrected chi connectivity index (χ0v) is 17.7. The summed E-state index contributed by atoms with van der Waals surface area (Å²) in [5.41, 5.74) is 2.44. The van der Waals surface area contributed by atoms with Crippen LogP contribution in [-0.4, -0.2) is 19.2 Å². The molecule has 0 radical (unpaired) electrons. The highest BCUT2D eigenvalue weighted by Crippen LogP contribution is 2.55. The Bertz CT molecular complexity index is 731. The molecule has 0 bridgehead atoms. The molecule has 2 aliphatic carbocycles. The van der Waals surface area contributed by atoms with Crippen molar-refractivity contribution in [2.45, 2.75) is 59.0 Å². The van der Waals surface area contributed by atoms with Gasteiger partial charge in [0.05, 0.1) is 7.11 Å². The summed E-state index contributed by atoms with van der Waals surface area (Å²) in [6.07, 6.45) is 9.09. The summed E-state index contributed by atoms with van der Waals surface area (Å²) < 4.78 is 11.3. The van der Waals surface area contributed by atoms with Gasteiger partial charge in [-0.25, -0.2) is 4.79 Å². The zero-order chi connectivity index (χ0) is 20.3. The largest absolute Gasteiger partial charge is 0.497 e. The van der Waals surface area contributed by atoms with Gasteiger partial charge in [0.25, 0.3) is 0 Å². The molecule has 0 aliphatic heterocycles. The van der Waals surface area contributed by atoms with Crippen LogP contribution in [0.1, 0.15) is 58.4 Å². The Labute approximate surface area is 169 Å². The van der Waals surface area contributed by atoms with Crippen LogP contribution >= 0.6 is 0 Å². The number of benzene rings is 1. The number of hydrogen-bond donors (Lipinski definition) is 0. The molecule has 3 nitrogen and oxygen atoms in total. The first-order chi connectivity index (χ1) is 13.3. The highest BCUT2D eigenvalue weighted by atomic mass is 16.5. The average molecular weight is 383 g/mol. The number of fused-ring (bicyclic) bond motifs is 1. The molecule has 0 N–H and O–H groups in total. The number of rotatable bonds is 5. The van der Waals surface area contributed by atoms with E-state index < -0.39 is 0 Å². The summed E-state index contributed by atoms with van der Waals surface area (Å²) in [6, 6.07) is 7.64. The van der Waals surface area contributed by atoms with Crippen molar-refractivity contribution >= 4 is 12.0 Å². The zero-order valence-electron chi connectivity index (χ0n) is 17.7. The second kappa shape index (κ2) is 8.55. The van der Waals surface area contributed by atoms with Gasteiger partial charge in [0.1, 0.15) is 11.9 Å². The summed E-state index contributed by atoms with van der Waals surface area (Å²) >= 11 is 0. The SMILES string of the molecule is C=C1CCC[C@]2(C)CC[C@@H](C(C)C)[C@H](OC(=O)C=Cc3ccc(OC)cc3)[C@@H]12. The van der Waals surface area contributed by atoms with Crippen molar-refractivity contribution in [2.24, 2.45) is 23.2 Å². The van der Waals surface area contributed by atoms with E-state index in [0.717, 1.165) is 24.2 Å². The van der Waals surface area contributed by atoms with Crippen LogP contribution in [0.4, 0.5) is 0 Å². The summed E-state index contributed by atoms with van der Waals surface area (Å²) in [4.78, 5) is 12.7. The van der Waals surface area contributed by atoms with Crippen molar-refractivity contribution in [3.05, 3.63) is 48.1 Å². The molecule has 2 fully saturated rings. The van der Waals surface area contributed by atoms with Crippen molar-refractivity contribution in [3.63, 3.8) is 0 Å². The molecule has 0 heterocycles. The van der Waals surface area contributed by atoms with Crippen LogP contribution in [0.2, 0.25) is 0 Å². The summed E-state index contributed by atoms with van der Waals surface area (Å²) in [5.74, 6) is 1.71. The lowest BCUT2D eigenvalue weighted by molar-refractivity contribution is -0.159. The lowest BCUT2D eigenvalue weighted by atomic mass is 9.54. The first kappa shape index (κ1) is 20.7. The summed E-state index contributed by atoms with van der Waals surface area (Å²) in [5, 5.41) is 0. The minimum absolute atomic E-state index is 0.0698. The maximum Gasteiger partial charge on any atom is 0.331 e. The van der Waals surface area contributed by atoms with Gasteiger partial charge in [0.2, 0.25) is 0 Å². The van der Waals surface area contributed by atoms with Crippen LogP contribution in [0, 0.1) is 23.2 Å². The fourth-order valence-electron chi connectivity index (χ4n) is 5.26. The lowest BCUT2D eigenvalue weighted by Crippen LogP contribution is -2.50. The Morgan fingerprint density at radius 2 is 1.96 bits per heavy atom. The topological polar surface area (TPSA) is 35.5 Å². The van der Waals surface area contributed by atoms with E-state index in [1.54, 1.807) is 13.2 Å². The molecule has 0 aromatic heterocycles. The van der Waals surface area contributed by atoms with Gasteiger partial charge in [0.15, 0.2) is 0 Å². The van der Waals surface area contributed by atoms with Crippen LogP contribution in [-0.2, 0) is 9.53 Å². The average Bonchev–Trinajstić information content (AvgIpc) is 2.66. The first-order valence-electron chi connectivity index (χ1n) is 10.5. The minimum atomic E-state index is -0.255. The second-order valence-electron chi connectivity index (χ2n) is 9.10. The molecule has 0 spiro atoms. The van der Waals surface area contributed by atoms with E-state index >= 15 is 0 Å². The molecule has 3 heteroatoms. The Hall–Kier alpha value is -2.03. The van der Waals surface area contributed by atoms with Gasteiger partial charge in [-0.1, -0.05) is 45.1 Å². The number of esters is 1. The number of carbonyl (C=O) groups is 1. The van der Waals surface area contributed by atoms with Crippen LogP contribution in [0.25, 0.3) is 6.08 Å². The molecular weight excluding hydrogens is 348 g/mol. The number of ether oxygens (including phenoxy) is 2. The predicted molar refractivity (Wildman–Crippen MR) is 114 cm³/mol. The summed E-state index contributed by atoms with van der Waals surface area (Å²) in [6.45, 7) is 11.2. The third-order valence-electron chi connectivity index (χ3n) is 6.87. The van der Waals surface area contributed by atoms with Crippen LogP contribution in [0.3, 0.4) is 0 Å². The first-order valence-corrected chi connectivity index (χ1v) is 10.5. The molecule has 2 saturated carbocycles. The van der Waals surface area contributed by atoms with Crippen LogP contribution in [0.5, 0.6) is 5.75 Å². The Morgan fingerprint density at radius 1 is 1.25 bits per heavy atom. The van der Waals surface area contributed by atoms with E-state index in [0.29, 0.717) is 11.8 Å². The van der Waals surface area contributed by atoms with Crippen molar-refractivity contribution < 1.29 is 14.3 Å². The maximum absolute atomic E-state index is 12.7. The molecule has 152 valence electrons. The maximum atomic E-state index is 12.7. The number of hydrogen-bond acceptors (Lipinski definition) is 3. The lowest BCUT2D eigenvalue weighted by Gasteiger charge is -2.53. The fourth-order valence-corrected chi connectivity index (χ4v) is 5.26. The van der Waals surface area contributed by atoms with E-state index in [1.807, 2.05) is 30.3 Å². The normalized spacial score (nSPS) is 30.3. The highest BCUT2D eigenvalue weighted by Gasteiger charge is 2.51. The standard InChI is InChI=1S/C25H34O3/c1-17(2)21-14-16-25(4)15-6-7-18(3)23(25)24(21)28-22(26)13-10-19-8-11-20(27-5)12-9-19/h8-13,17,21,23-24H,3,6-7,14-16H2,1-2,4-5H3/t21-,23+,24-,25+/m0/s1. The van der Waals surface area contributed by atoms with Gasteiger partial charge in [-0.05, 0) is 73.1 Å². The third-order valence-corrected chi connectivity index (χ3v) is 6.87. The van der Waals surface area contributed by atoms with Gasteiger partial charge in [-0.15, -0.1) is 0 Å². The molecule has 1 aromatic rings. The van der Waals surface area contributed by atoms with Gasteiger partial charge in [-0.3, -0.25) is 0 Å². The van der Waals surface area contributed by atoms with Crippen LogP contribution < -0.4 is 4.74 Å². The van der Waals surface area contributed by atoms with Gasteiger partial charge < -0.3 is 9.47 Å². The Morgan fingerprint density at radius 3 is 2.61 bits per heavy atom. The second-order valence-corrected chi connectivity index (χ2v) is 9.10. The van der Waals surface area contributed by atoms with E-state index in [-0.39, 0.29) is 23.4 Å². The van der Waals surface area contributed by atoms with Crippen molar-refractivity contribution in [2.75, 3.05) is 7.11 Å². The van der Waals surface area contributed by atoms with Gasteiger partial charge in [0, 0.05) is 12.0 Å². The Balaban J connectivity index is 1.76. The molecule has 4 atom stereocenters. The van der Waals surface area contributed by atoms with Crippen molar-refractivity contribution in [3.8, 4) is 5.75 Å². The molecular formula is C25H34O3. The van der Waals surface area contributed by atoms with Gasteiger partial charge in [-0.2, -0.15) is 0 Å². The van der Waals surface area contributed by atoms with Crippen molar-refractivity contribution in [1.29, 1.82) is 0 Å². The molecule has 28 heavy (non-hydrogen) atoms. The van der Waals surface area contributed by atoms with E-state index in [4.69, 9.17) is 9.47 Å². The minimum Gasteiger partial charge on any atom is -0.497 e. The van der Waals surface area contributed by atoms with E-state index in [2.05, 4.69) is 27.4 Å².